The molecule has 4 unspecified atom stereocenters. The van der Waals surface area contributed by atoms with Gasteiger partial charge in [-0.25, -0.2) is 0 Å². The molecule has 4 aliphatic rings. The Morgan fingerprint density at radius 1 is 1.19 bits per heavy atom. The molecule has 248 valence electrons. The molecule has 1 amide bonds. The number of hydrogen-bond donors (Lipinski definition) is 10. The minimum absolute atomic E-state index is 0.0152. The summed E-state index contributed by atoms with van der Waals surface area (Å²) in [6, 6.07) is -2.13. The molecule has 3 aliphatic heterocycles. The zero-order chi connectivity index (χ0) is 31.3. The lowest BCUT2D eigenvalue weighted by molar-refractivity contribution is -0.313. The van der Waals surface area contributed by atoms with Crippen molar-refractivity contribution in [1.82, 2.24) is 21.3 Å². The number of nitrogens with two attached hydrogens (primary N) is 2. The van der Waals surface area contributed by atoms with Crippen LogP contribution in [0.15, 0.2) is 11.8 Å². The van der Waals surface area contributed by atoms with Gasteiger partial charge in [0, 0.05) is 38.1 Å². The zero-order valence-corrected chi connectivity index (χ0v) is 25.4. The van der Waals surface area contributed by atoms with Crippen molar-refractivity contribution in [3.05, 3.63) is 11.8 Å². The van der Waals surface area contributed by atoms with Crippen LogP contribution in [0.2, 0.25) is 0 Å². The highest BCUT2D eigenvalue weighted by Crippen LogP contribution is 2.35. The summed E-state index contributed by atoms with van der Waals surface area (Å²) < 4.78 is 24.1. The first kappa shape index (κ1) is 34.4. The number of likely N-dealkylation sites (N-methyl/N-ethyl adjacent to an activating group) is 1. The number of carbonyl (C=O) groups is 1. The second-order valence-corrected chi connectivity index (χ2v) is 12.5. The van der Waals surface area contributed by atoms with E-state index in [9.17, 15) is 25.2 Å². The Hall–Kier alpha value is -1.47. The quantitative estimate of drug-likeness (QED) is 0.0955. The van der Waals surface area contributed by atoms with Gasteiger partial charge in [0.15, 0.2) is 6.29 Å². The smallest absolute Gasteiger partial charge is 0.250 e. The van der Waals surface area contributed by atoms with E-state index in [1.54, 1.807) is 14.0 Å². The molecule has 0 radical (unpaired) electrons. The summed E-state index contributed by atoms with van der Waals surface area (Å²) in [7, 11) is 1.60. The van der Waals surface area contributed by atoms with E-state index in [2.05, 4.69) is 21.3 Å². The maximum atomic E-state index is 12.8. The van der Waals surface area contributed by atoms with Crippen molar-refractivity contribution < 1.29 is 44.2 Å². The summed E-state index contributed by atoms with van der Waals surface area (Å²) in [6.07, 6.45) is -5.22. The number of amides is 1. The molecule has 1 aliphatic carbocycles. The highest BCUT2D eigenvalue weighted by molar-refractivity contribution is 5.81. The molecule has 12 atom stereocenters. The van der Waals surface area contributed by atoms with Crippen LogP contribution in [-0.2, 0) is 23.7 Å². The van der Waals surface area contributed by atoms with E-state index in [-0.39, 0.29) is 19.6 Å². The first-order valence-electron chi connectivity index (χ1n) is 15.4. The molecule has 0 aromatic heterocycles. The van der Waals surface area contributed by atoms with Crippen LogP contribution in [0.4, 0.5) is 0 Å². The average molecular weight is 617 g/mol. The third kappa shape index (κ3) is 8.42. The monoisotopic (exact) mass is 616 g/mol. The highest BCUT2D eigenvalue weighted by atomic mass is 16.7. The van der Waals surface area contributed by atoms with Crippen LogP contribution >= 0.6 is 0 Å². The molecule has 15 heteroatoms. The van der Waals surface area contributed by atoms with Crippen molar-refractivity contribution in [2.24, 2.45) is 23.3 Å². The Morgan fingerprint density at radius 2 is 1.91 bits per heavy atom. The number of hydrogen-bond acceptors (Lipinski definition) is 14. The van der Waals surface area contributed by atoms with E-state index in [1.807, 2.05) is 13.0 Å². The fraction of sp³-hybridized carbons (Fsp3) is 0.893. The van der Waals surface area contributed by atoms with Crippen molar-refractivity contribution in [2.45, 2.75) is 99.9 Å². The zero-order valence-electron chi connectivity index (χ0n) is 25.4. The molecule has 0 bridgehead atoms. The molecule has 2 saturated heterocycles. The maximum absolute atomic E-state index is 12.8. The number of ether oxygens (including phenoxy) is 4. The largest absolute Gasteiger partial charge is 0.467 e. The van der Waals surface area contributed by atoms with Gasteiger partial charge in [-0.1, -0.05) is 6.92 Å². The Morgan fingerprint density at radius 3 is 2.56 bits per heavy atom. The Labute approximate surface area is 253 Å². The predicted molar refractivity (Wildman–Crippen MR) is 155 cm³/mol. The van der Waals surface area contributed by atoms with Crippen LogP contribution in [0.3, 0.4) is 0 Å². The topological polar surface area (TPSA) is 235 Å². The van der Waals surface area contributed by atoms with Gasteiger partial charge in [-0.3, -0.25) is 4.79 Å². The van der Waals surface area contributed by atoms with E-state index in [0.29, 0.717) is 31.1 Å². The van der Waals surface area contributed by atoms with Gasteiger partial charge < -0.3 is 72.1 Å². The second-order valence-electron chi connectivity index (χ2n) is 12.5. The summed E-state index contributed by atoms with van der Waals surface area (Å²) in [5, 5.41) is 55.7. The number of aliphatic hydroxyl groups is 4. The van der Waals surface area contributed by atoms with Crippen molar-refractivity contribution >= 4 is 5.91 Å². The van der Waals surface area contributed by atoms with Gasteiger partial charge in [-0.2, -0.15) is 0 Å². The fourth-order valence-electron chi connectivity index (χ4n) is 6.23. The van der Waals surface area contributed by atoms with Gasteiger partial charge in [-0.15, -0.1) is 0 Å². The van der Waals surface area contributed by atoms with Gasteiger partial charge in [0.25, 0.3) is 0 Å². The van der Waals surface area contributed by atoms with Crippen LogP contribution in [0, 0.1) is 11.8 Å². The van der Waals surface area contributed by atoms with Gasteiger partial charge in [-0.05, 0) is 45.2 Å². The van der Waals surface area contributed by atoms with Crippen LogP contribution in [0.1, 0.15) is 33.1 Å². The van der Waals surface area contributed by atoms with Crippen LogP contribution in [0.5, 0.6) is 0 Å². The molecular weight excluding hydrogens is 564 g/mol. The number of aliphatic hydroxyl groups excluding tert-OH is 3. The molecule has 0 aromatic rings. The van der Waals surface area contributed by atoms with E-state index >= 15 is 0 Å². The second kappa shape index (κ2) is 15.2. The molecule has 4 rings (SSSR count). The molecule has 43 heavy (non-hydrogen) atoms. The molecule has 12 N–H and O–H groups in total. The Kier molecular flexibility index (Phi) is 12.2. The summed E-state index contributed by atoms with van der Waals surface area (Å²) in [6.45, 7) is 6.68. The Bertz CT molecular complexity index is 940. The number of nitrogens with one attached hydrogen (secondary N) is 4. The standard InChI is InChI=1S/C28H52N6O9/c1-4-16-21(36)27(40-13-28(16,2)39)43-24-19(34-25(38)20(35)12-31-3)7-18(30)23(22(24)37)42-26-17(29)6-5-15(41-26)11-33-10-14-8-32-9-14/h5,14,16-24,26-27,31-33,35-37,39H,4,6-13,29-30H2,1-3H3,(H,34,38)/t16-,17-,18?,19?,20+,21?,22+,23-,24+,26-,27?,28+/m1/s1. The molecule has 0 spiro atoms. The van der Waals surface area contributed by atoms with Gasteiger partial charge in [0.1, 0.15) is 36.3 Å². The van der Waals surface area contributed by atoms with Crippen LogP contribution in [0.25, 0.3) is 0 Å². The first-order valence-corrected chi connectivity index (χ1v) is 15.4. The van der Waals surface area contributed by atoms with Crippen LogP contribution < -0.4 is 32.7 Å². The van der Waals surface area contributed by atoms with Gasteiger partial charge in [0.05, 0.1) is 30.8 Å². The lowest BCUT2D eigenvalue weighted by Gasteiger charge is -2.49. The fourth-order valence-corrected chi connectivity index (χ4v) is 6.23. The normalized spacial score (nSPS) is 41.1. The Balaban J connectivity index is 1.46. The molecule has 1 saturated carbocycles. The first-order chi connectivity index (χ1) is 20.4. The van der Waals surface area contributed by atoms with Gasteiger partial charge >= 0.3 is 0 Å². The molecule has 3 heterocycles. The summed E-state index contributed by atoms with van der Waals surface area (Å²) in [5.74, 6) is 0.0401. The van der Waals surface area contributed by atoms with E-state index in [4.69, 9.17) is 30.4 Å². The minimum Gasteiger partial charge on any atom is -0.467 e. The van der Waals surface area contributed by atoms with E-state index in [1.165, 1.54) is 0 Å². The summed E-state index contributed by atoms with van der Waals surface area (Å²) >= 11 is 0. The molecule has 15 nitrogen and oxygen atoms in total. The van der Waals surface area contributed by atoms with Crippen molar-refractivity contribution in [3.63, 3.8) is 0 Å². The van der Waals surface area contributed by atoms with Crippen LogP contribution in [-0.4, -0.2) is 140 Å². The number of rotatable bonds is 13. The van der Waals surface area contributed by atoms with Crippen molar-refractivity contribution in [1.29, 1.82) is 0 Å². The lowest BCUT2D eigenvalue weighted by atomic mass is 9.80. The lowest BCUT2D eigenvalue weighted by Crippen LogP contribution is -2.68. The third-order valence-electron chi connectivity index (χ3n) is 8.93. The van der Waals surface area contributed by atoms with Crippen molar-refractivity contribution in [3.8, 4) is 0 Å². The minimum atomic E-state index is -1.40. The number of carbonyl (C=O) groups excluding carboxylic acids is 1. The molecule has 3 fully saturated rings. The maximum Gasteiger partial charge on any atom is 0.250 e. The average Bonchev–Trinajstić information content (AvgIpc) is 2.92. The highest BCUT2D eigenvalue weighted by Gasteiger charge is 2.51. The SMILES string of the molecule is CC[C@@H]1C(O)C(O[C@H]2C(NC(=O)[C@@H](O)CNC)CC(N)[C@@H](O[C@H]3OC(CNCC4CNC4)=CC[C@H]3N)[C@@H]2O)OC[C@]1(C)O. The van der Waals surface area contributed by atoms with Gasteiger partial charge in [0.2, 0.25) is 12.2 Å². The molecular formula is C28H52N6O9. The third-order valence-corrected chi connectivity index (χ3v) is 8.93. The van der Waals surface area contributed by atoms with E-state index in [0.717, 1.165) is 19.6 Å². The summed E-state index contributed by atoms with van der Waals surface area (Å²) in [5.41, 5.74) is 11.5. The van der Waals surface area contributed by atoms with E-state index < -0.39 is 78.7 Å². The predicted octanol–water partition coefficient (Wildman–Crippen LogP) is -3.83. The van der Waals surface area contributed by atoms with Crippen molar-refractivity contribution in [2.75, 3.05) is 46.4 Å². The summed E-state index contributed by atoms with van der Waals surface area (Å²) in [4.78, 5) is 12.8. The molecule has 0 aromatic carbocycles.